The summed E-state index contributed by atoms with van der Waals surface area (Å²) >= 11 is 4.15. The molecule has 1 aliphatic rings. The van der Waals surface area contributed by atoms with Crippen molar-refractivity contribution in [1.29, 1.82) is 0 Å². The Morgan fingerprint density at radius 2 is 1.72 bits per heavy atom. The number of hydrogen-bond donors (Lipinski definition) is 2. The molecule has 0 radical (unpaired) electrons. The van der Waals surface area contributed by atoms with E-state index in [1.807, 2.05) is 18.2 Å². The van der Waals surface area contributed by atoms with Crippen LogP contribution in [0.5, 0.6) is 5.75 Å². The maximum absolute atomic E-state index is 11.1. The Balaban J connectivity index is 0.000000176. The van der Waals surface area contributed by atoms with E-state index in [9.17, 15) is 4.79 Å². The Bertz CT molecular complexity index is 917. The number of fused-ring (bicyclic) bond motifs is 1. The lowest BCUT2D eigenvalue weighted by molar-refractivity contribution is 0.310. The molecular weight excluding hydrogens is 378 g/mol. The average Bonchev–Trinajstić information content (AvgIpc) is 2.78. The van der Waals surface area contributed by atoms with Crippen LogP contribution in [0.25, 0.3) is 10.9 Å². The van der Waals surface area contributed by atoms with Crippen molar-refractivity contribution in [3.63, 3.8) is 0 Å². The number of thiol groups is 1. The first kappa shape index (κ1) is 21.5. The van der Waals surface area contributed by atoms with Gasteiger partial charge in [0.05, 0.1) is 6.61 Å². The molecule has 3 aromatic rings. The third-order valence-electron chi connectivity index (χ3n) is 5.39. The number of aromatic amines is 1. The highest BCUT2D eigenvalue weighted by Crippen LogP contribution is 2.32. The summed E-state index contributed by atoms with van der Waals surface area (Å²) in [6.45, 7) is 0.704. The summed E-state index contributed by atoms with van der Waals surface area (Å²) in [7, 11) is 0. The Hall–Kier alpha value is -2.20. The minimum absolute atomic E-state index is 0.0834. The molecule has 0 saturated heterocycles. The number of rotatable bonds is 6. The number of unbranched alkanes of at least 4 members (excludes halogenated alkanes) is 1. The van der Waals surface area contributed by atoms with Gasteiger partial charge in [0.2, 0.25) is 5.56 Å². The normalized spacial score (nSPS) is 14.2. The van der Waals surface area contributed by atoms with E-state index in [1.54, 1.807) is 11.6 Å². The Kier molecular flexibility index (Phi) is 8.69. The largest absolute Gasteiger partial charge is 0.494 e. The van der Waals surface area contributed by atoms with Gasteiger partial charge in [-0.2, -0.15) is 12.6 Å². The highest BCUT2D eigenvalue weighted by atomic mass is 32.1. The average molecular weight is 410 g/mol. The minimum Gasteiger partial charge on any atom is -0.494 e. The molecule has 4 rings (SSSR count). The van der Waals surface area contributed by atoms with Gasteiger partial charge in [-0.25, -0.2) is 0 Å². The second kappa shape index (κ2) is 11.7. The summed E-state index contributed by atoms with van der Waals surface area (Å²) in [5.41, 5.74) is 2.30. The fourth-order valence-electron chi connectivity index (χ4n) is 3.79. The second-order valence-corrected chi connectivity index (χ2v) is 8.04. The fourth-order valence-corrected chi connectivity index (χ4v) is 4.01. The van der Waals surface area contributed by atoms with Crippen molar-refractivity contribution in [2.75, 3.05) is 12.4 Å². The van der Waals surface area contributed by atoms with E-state index in [0.29, 0.717) is 6.61 Å². The molecule has 1 aromatic heterocycles. The number of hydrogen-bond acceptors (Lipinski definition) is 3. The Morgan fingerprint density at radius 1 is 0.931 bits per heavy atom. The van der Waals surface area contributed by atoms with Crippen molar-refractivity contribution in [3.8, 4) is 5.75 Å². The molecule has 0 aliphatic heterocycles. The first-order valence-corrected chi connectivity index (χ1v) is 11.3. The lowest BCUT2D eigenvalue weighted by atomic mass is 9.84. The minimum atomic E-state index is -0.0834. The van der Waals surface area contributed by atoms with E-state index in [0.717, 1.165) is 41.2 Å². The van der Waals surface area contributed by atoms with Crippen LogP contribution in [0, 0.1) is 0 Å². The van der Waals surface area contributed by atoms with Crippen LogP contribution < -0.4 is 10.3 Å². The monoisotopic (exact) mass is 409 g/mol. The van der Waals surface area contributed by atoms with Crippen molar-refractivity contribution in [1.82, 2.24) is 4.98 Å². The quantitative estimate of drug-likeness (QED) is 0.368. The molecular formula is C25H31NO2S. The number of H-pyrrole nitrogens is 1. The molecule has 0 atom stereocenters. The van der Waals surface area contributed by atoms with Crippen molar-refractivity contribution in [3.05, 3.63) is 76.6 Å². The number of pyridine rings is 1. The molecule has 29 heavy (non-hydrogen) atoms. The van der Waals surface area contributed by atoms with Gasteiger partial charge in [-0.1, -0.05) is 49.6 Å². The van der Waals surface area contributed by atoms with Gasteiger partial charge in [-0.05, 0) is 67.2 Å². The van der Waals surface area contributed by atoms with Gasteiger partial charge < -0.3 is 9.72 Å². The smallest absolute Gasteiger partial charge is 0.248 e. The van der Waals surface area contributed by atoms with E-state index in [4.69, 9.17) is 4.74 Å². The zero-order chi connectivity index (χ0) is 20.3. The van der Waals surface area contributed by atoms with Crippen LogP contribution in [0.15, 0.2) is 65.5 Å². The maximum atomic E-state index is 11.1. The highest BCUT2D eigenvalue weighted by molar-refractivity contribution is 7.80. The maximum Gasteiger partial charge on any atom is 0.248 e. The van der Waals surface area contributed by atoms with Gasteiger partial charge in [0.15, 0.2) is 0 Å². The molecule has 0 bridgehead atoms. The van der Waals surface area contributed by atoms with Crippen molar-refractivity contribution >= 4 is 23.5 Å². The topological polar surface area (TPSA) is 42.1 Å². The lowest BCUT2D eigenvalue weighted by Crippen LogP contribution is -2.03. The highest BCUT2D eigenvalue weighted by Gasteiger charge is 2.14. The van der Waals surface area contributed by atoms with E-state index < -0.39 is 0 Å². The predicted octanol–water partition coefficient (Wildman–Crippen LogP) is 6.35. The van der Waals surface area contributed by atoms with Crippen LogP contribution >= 0.6 is 12.6 Å². The Morgan fingerprint density at radius 3 is 2.48 bits per heavy atom. The summed E-state index contributed by atoms with van der Waals surface area (Å²) in [5, 5.41) is 0.983. The summed E-state index contributed by atoms with van der Waals surface area (Å²) in [6.07, 6.45) is 9.19. The first-order valence-electron chi connectivity index (χ1n) is 10.7. The van der Waals surface area contributed by atoms with Gasteiger partial charge in [0, 0.05) is 17.0 Å². The van der Waals surface area contributed by atoms with Crippen LogP contribution in [0.2, 0.25) is 0 Å². The third-order valence-corrected chi connectivity index (χ3v) is 5.71. The van der Waals surface area contributed by atoms with E-state index in [1.165, 1.54) is 38.2 Å². The molecule has 4 heteroatoms. The van der Waals surface area contributed by atoms with Gasteiger partial charge >= 0.3 is 0 Å². The van der Waals surface area contributed by atoms with Crippen molar-refractivity contribution in [2.24, 2.45) is 0 Å². The fraction of sp³-hybridized carbons (Fsp3) is 0.400. The summed E-state index contributed by atoms with van der Waals surface area (Å²) < 4.78 is 5.62. The van der Waals surface area contributed by atoms with E-state index in [-0.39, 0.29) is 5.56 Å². The zero-order valence-electron chi connectivity index (χ0n) is 17.0. The van der Waals surface area contributed by atoms with Crippen LogP contribution in [-0.2, 0) is 0 Å². The summed E-state index contributed by atoms with van der Waals surface area (Å²) in [6, 6.07) is 20.0. The van der Waals surface area contributed by atoms with E-state index in [2.05, 4.69) is 47.9 Å². The molecule has 0 amide bonds. The number of aromatic nitrogens is 1. The predicted molar refractivity (Wildman–Crippen MR) is 125 cm³/mol. The van der Waals surface area contributed by atoms with Gasteiger partial charge in [0.25, 0.3) is 0 Å². The second-order valence-electron chi connectivity index (χ2n) is 7.60. The van der Waals surface area contributed by atoms with Gasteiger partial charge in [-0.15, -0.1) is 0 Å². The van der Waals surface area contributed by atoms with Gasteiger partial charge in [0.1, 0.15) is 5.75 Å². The molecule has 1 aliphatic carbocycles. The van der Waals surface area contributed by atoms with Crippen LogP contribution in [0.4, 0.5) is 0 Å². The third kappa shape index (κ3) is 6.97. The standard InChI is InChI=1S/C13H15NO2S.C12H16/c15-13-6-3-10-9-11(4-5-12(10)14-13)16-7-1-2-8-17;1-3-7-11(8-4-1)12-9-5-2-6-10-12/h3-6,9,17H,1-2,7-8H2,(H,14,15);1,3-4,7-8,12H,2,5-6,9-10H2. The molecule has 1 heterocycles. The Labute approximate surface area is 178 Å². The molecule has 0 unspecified atom stereocenters. The number of ether oxygens (including phenoxy) is 1. The molecule has 3 nitrogen and oxygen atoms in total. The van der Waals surface area contributed by atoms with Crippen LogP contribution in [0.1, 0.15) is 56.4 Å². The van der Waals surface area contributed by atoms with Gasteiger partial charge in [-0.3, -0.25) is 4.79 Å². The molecule has 2 aromatic carbocycles. The van der Waals surface area contributed by atoms with Crippen molar-refractivity contribution in [2.45, 2.75) is 50.9 Å². The zero-order valence-corrected chi connectivity index (χ0v) is 17.9. The molecule has 154 valence electrons. The van der Waals surface area contributed by atoms with Crippen molar-refractivity contribution < 1.29 is 4.74 Å². The first-order chi connectivity index (χ1) is 14.3. The molecule has 1 N–H and O–H groups in total. The van der Waals surface area contributed by atoms with Crippen LogP contribution in [0.3, 0.4) is 0 Å². The van der Waals surface area contributed by atoms with E-state index >= 15 is 0 Å². The lowest BCUT2D eigenvalue weighted by Gasteiger charge is -2.21. The summed E-state index contributed by atoms with van der Waals surface area (Å²) in [5.74, 6) is 2.59. The number of benzene rings is 2. The summed E-state index contributed by atoms with van der Waals surface area (Å²) in [4.78, 5) is 13.9. The molecule has 1 fully saturated rings. The number of nitrogens with one attached hydrogen (secondary N) is 1. The molecule has 0 spiro atoms. The van der Waals surface area contributed by atoms with Crippen LogP contribution in [-0.4, -0.2) is 17.3 Å². The SMILES string of the molecule is O=c1ccc2cc(OCCCCS)ccc2[nH]1.c1ccc(C2CCCCC2)cc1. The molecule has 1 saturated carbocycles.